The van der Waals surface area contributed by atoms with Crippen LogP contribution in [0.4, 0.5) is 5.13 Å². The van der Waals surface area contributed by atoms with E-state index in [1.54, 1.807) is 48.5 Å². The molecule has 6 nitrogen and oxygen atoms in total. The SMILES string of the molecule is O=C(Nc1nc(-c2ccc3c(c2)OCO3)cs1)c1ccccc1C(=O)c1ccccc1. The van der Waals surface area contributed by atoms with E-state index in [4.69, 9.17) is 9.47 Å². The number of hydrogen-bond acceptors (Lipinski definition) is 6. The van der Waals surface area contributed by atoms with E-state index < -0.39 is 0 Å². The quantitative estimate of drug-likeness (QED) is 0.452. The van der Waals surface area contributed by atoms with Crippen LogP contribution < -0.4 is 14.8 Å². The van der Waals surface area contributed by atoms with Crippen molar-refractivity contribution in [3.63, 3.8) is 0 Å². The zero-order valence-electron chi connectivity index (χ0n) is 16.2. The Morgan fingerprint density at radius 1 is 0.871 bits per heavy atom. The second kappa shape index (κ2) is 8.04. The summed E-state index contributed by atoms with van der Waals surface area (Å²) in [4.78, 5) is 30.3. The van der Waals surface area contributed by atoms with E-state index in [2.05, 4.69) is 10.3 Å². The lowest BCUT2D eigenvalue weighted by molar-refractivity contribution is 0.0996. The van der Waals surface area contributed by atoms with Gasteiger partial charge in [0, 0.05) is 22.1 Å². The molecule has 0 saturated carbocycles. The van der Waals surface area contributed by atoms with Gasteiger partial charge < -0.3 is 9.47 Å². The van der Waals surface area contributed by atoms with Gasteiger partial charge >= 0.3 is 0 Å². The average Bonchev–Trinajstić information content (AvgIpc) is 3.48. The largest absolute Gasteiger partial charge is 0.454 e. The number of aromatic nitrogens is 1. The average molecular weight is 428 g/mol. The summed E-state index contributed by atoms with van der Waals surface area (Å²) in [7, 11) is 0. The summed E-state index contributed by atoms with van der Waals surface area (Å²) in [5.74, 6) is 0.787. The van der Waals surface area contributed by atoms with E-state index in [-0.39, 0.29) is 18.5 Å². The fourth-order valence-corrected chi connectivity index (χ4v) is 4.02. The summed E-state index contributed by atoms with van der Waals surface area (Å²) in [6.07, 6.45) is 0. The maximum Gasteiger partial charge on any atom is 0.258 e. The van der Waals surface area contributed by atoms with Crippen molar-refractivity contribution < 1.29 is 19.1 Å². The highest BCUT2D eigenvalue weighted by atomic mass is 32.1. The van der Waals surface area contributed by atoms with Crippen molar-refractivity contribution in [2.24, 2.45) is 0 Å². The van der Waals surface area contributed by atoms with Gasteiger partial charge in [0.2, 0.25) is 6.79 Å². The fourth-order valence-electron chi connectivity index (χ4n) is 3.31. The Kier molecular flexibility index (Phi) is 4.93. The summed E-state index contributed by atoms with van der Waals surface area (Å²) in [6.45, 7) is 0.207. The molecule has 1 aliphatic rings. The third kappa shape index (κ3) is 3.78. The van der Waals surface area contributed by atoms with Crippen LogP contribution >= 0.6 is 11.3 Å². The molecule has 3 aromatic carbocycles. The standard InChI is InChI=1S/C24H16N2O4S/c27-22(15-6-2-1-3-7-15)17-8-4-5-9-18(17)23(28)26-24-25-19(13-31-24)16-10-11-20-21(12-16)30-14-29-20/h1-13H,14H2,(H,25,26,28). The van der Waals surface area contributed by atoms with Crippen LogP contribution in [0.2, 0.25) is 0 Å². The van der Waals surface area contributed by atoms with Crippen LogP contribution in [0.1, 0.15) is 26.3 Å². The van der Waals surface area contributed by atoms with Crippen molar-refractivity contribution in [1.82, 2.24) is 4.98 Å². The van der Waals surface area contributed by atoms with Gasteiger partial charge in [-0.1, -0.05) is 48.5 Å². The summed E-state index contributed by atoms with van der Waals surface area (Å²) in [5, 5.41) is 5.11. The molecule has 0 fully saturated rings. The predicted molar refractivity (Wildman–Crippen MR) is 118 cm³/mol. The van der Waals surface area contributed by atoms with Gasteiger partial charge in [0.05, 0.1) is 11.3 Å². The van der Waals surface area contributed by atoms with Gasteiger partial charge in [0.25, 0.3) is 5.91 Å². The van der Waals surface area contributed by atoms with Crippen LogP contribution in [-0.4, -0.2) is 23.5 Å². The molecule has 5 rings (SSSR count). The van der Waals surface area contributed by atoms with E-state index in [1.807, 2.05) is 29.6 Å². The third-order valence-electron chi connectivity index (χ3n) is 4.85. The number of rotatable bonds is 5. The number of carbonyl (C=O) groups excluding carboxylic acids is 2. The van der Waals surface area contributed by atoms with Crippen LogP contribution in [0.5, 0.6) is 11.5 Å². The third-order valence-corrected chi connectivity index (χ3v) is 5.60. The molecule has 0 unspecified atom stereocenters. The van der Waals surface area contributed by atoms with E-state index in [0.717, 1.165) is 5.56 Å². The molecule has 1 aromatic heterocycles. The van der Waals surface area contributed by atoms with Crippen LogP contribution in [0.3, 0.4) is 0 Å². The van der Waals surface area contributed by atoms with Crippen LogP contribution in [-0.2, 0) is 0 Å². The Morgan fingerprint density at radius 2 is 1.61 bits per heavy atom. The highest BCUT2D eigenvalue weighted by molar-refractivity contribution is 7.14. The van der Waals surface area contributed by atoms with Gasteiger partial charge in [-0.15, -0.1) is 11.3 Å². The number of hydrogen-bond donors (Lipinski definition) is 1. The van der Waals surface area contributed by atoms with Gasteiger partial charge in [0.15, 0.2) is 22.4 Å². The molecule has 31 heavy (non-hydrogen) atoms. The van der Waals surface area contributed by atoms with Crippen molar-refractivity contribution in [1.29, 1.82) is 0 Å². The monoisotopic (exact) mass is 428 g/mol. The molecule has 0 bridgehead atoms. The summed E-state index contributed by atoms with van der Waals surface area (Å²) in [6, 6.07) is 21.2. The minimum atomic E-state index is -0.383. The van der Waals surface area contributed by atoms with Crippen molar-refractivity contribution in [3.05, 3.63) is 94.9 Å². The lowest BCUT2D eigenvalue weighted by atomic mass is 9.98. The number of ether oxygens (including phenoxy) is 2. The Morgan fingerprint density at radius 3 is 2.45 bits per heavy atom. The lowest BCUT2D eigenvalue weighted by Gasteiger charge is -2.08. The predicted octanol–water partition coefficient (Wildman–Crippen LogP) is 5.02. The minimum absolute atomic E-state index is 0.202. The fraction of sp³-hybridized carbons (Fsp3) is 0.0417. The maximum absolute atomic E-state index is 12.9. The Bertz CT molecular complexity index is 1280. The molecule has 4 aromatic rings. The molecule has 2 heterocycles. The molecule has 0 aliphatic carbocycles. The van der Waals surface area contributed by atoms with Crippen molar-refractivity contribution in [3.8, 4) is 22.8 Å². The topological polar surface area (TPSA) is 77.5 Å². The number of carbonyl (C=O) groups is 2. The van der Waals surface area contributed by atoms with E-state index in [9.17, 15) is 9.59 Å². The number of benzene rings is 3. The normalized spacial score (nSPS) is 11.9. The summed E-state index contributed by atoms with van der Waals surface area (Å²) >= 11 is 1.31. The van der Waals surface area contributed by atoms with Gasteiger partial charge in [0.1, 0.15) is 0 Å². The van der Waals surface area contributed by atoms with Crippen LogP contribution in [0.15, 0.2) is 78.2 Å². The Hall–Kier alpha value is -3.97. The van der Waals surface area contributed by atoms with Crippen LogP contribution in [0, 0.1) is 0 Å². The molecule has 7 heteroatoms. The molecule has 0 spiro atoms. The minimum Gasteiger partial charge on any atom is -0.454 e. The number of ketones is 1. The van der Waals surface area contributed by atoms with Crippen molar-refractivity contribution >= 4 is 28.2 Å². The molecular formula is C24H16N2O4S. The van der Waals surface area contributed by atoms with E-state index >= 15 is 0 Å². The second-order valence-electron chi connectivity index (χ2n) is 6.80. The first kappa shape index (κ1) is 19.0. The van der Waals surface area contributed by atoms with Crippen molar-refractivity contribution in [2.45, 2.75) is 0 Å². The number of nitrogens with one attached hydrogen (secondary N) is 1. The number of thiazole rings is 1. The van der Waals surface area contributed by atoms with Gasteiger partial charge in [-0.2, -0.15) is 0 Å². The molecule has 1 amide bonds. The number of fused-ring (bicyclic) bond motifs is 1. The maximum atomic E-state index is 12.9. The smallest absolute Gasteiger partial charge is 0.258 e. The second-order valence-corrected chi connectivity index (χ2v) is 7.66. The first-order valence-electron chi connectivity index (χ1n) is 9.55. The summed E-state index contributed by atoms with van der Waals surface area (Å²) in [5.41, 5.74) is 2.75. The van der Waals surface area contributed by atoms with Crippen molar-refractivity contribution in [2.75, 3.05) is 12.1 Å². The molecule has 1 N–H and O–H groups in total. The van der Waals surface area contributed by atoms with Gasteiger partial charge in [-0.25, -0.2) is 4.98 Å². The van der Waals surface area contributed by atoms with Crippen LogP contribution in [0.25, 0.3) is 11.3 Å². The van der Waals surface area contributed by atoms with Gasteiger partial charge in [-0.3, -0.25) is 14.9 Å². The first-order valence-corrected chi connectivity index (χ1v) is 10.4. The number of amides is 1. The molecule has 1 aliphatic heterocycles. The first-order chi connectivity index (χ1) is 15.2. The molecule has 0 atom stereocenters. The zero-order valence-corrected chi connectivity index (χ0v) is 17.0. The van der Waals surface area contributed by atoms with Gasteiger partial charge in [-0.05, 0) is 24.3 Å². The molecule has 152 valence electrons. The molecule has 0 saturated heterocycles. The lowest BCUT2D eigenvalue weighted by Crippen LogP contribution is -2.16. The molecular weight excluding hydrogens is 412 g/mol. The Balaban J connectivity index is 1.38. The number of nitrogens with zero attached hydrogens (tertiary/aromatic N) is 1. The zero-order chi connectivity index (χ0) is 21.2. The number of anilines is 1. The molecule has 0 radical (unpaired) electrons. The highest BCUT2D eigenvalue weighted by Gasteiger charge is 2.19. The van der Waals surface area contributed by atoms with E-state index in [0.29, 0.717) is 39.0 Å². The summed E-state index contributed by atoms with van der Waals surface area (Å²) < 4.78 is 10.7. The van der Waals surface area contributed by atoms with E-state index in [1.165, 1.54) is 11.3 Å². The Labute approximate surface area is 182 Å². The highest BCUT2D eigenvalue weighted by Crippen LogP contribution is 2.36.